The maximum atomic E-state index is 12.8. The molecule has 7 nitrogen and oxygen atoms in total. The van der Waals surface area contributed by atoms with E-state index in [0.717, 1.165) is 0 Å². The average molecular weight is 397 g/mol. The number of benzene rings is 1. The molecular weight excluding hydrogens is 376 g/mol. The third-order valence-electron chi connectivity index (χ3n) is 4.52. The number of halogens is 1. The summed E-state index contributed by atoms with van der Waals surface area (Å²) in [5.41, 5.74) is 1.62. The van der Waals surface area contributed by atoms with Crippen molar-refractivity contribution in [2.75, 3.05) is 32.7 Å². The maximum Gasteiger partial charge on any atom is 0.246 e. The minimum absolute atomic E-state index is 0.000465. The summed E-state index contributed by atoms with van der Waals surface area (Å²) in [7, 11) is -3.58. The van der Waals surface area contributed by atoms with Crippen molar-refractivity contribution in [2.45, 2.75) is 18.7 Å². The Bertz CT molecular complexity index is 881. The van der Waals surface area contributed by atoms with Crippen molar-refractivity contribution >= 4 is 27.4 Å². The molecule has 140 valence electrons. The van der Waals surface area contributed by atoms with E-state index in [9.17, 15) is 13.2 Å². The molecule has 0 saturated carbocycles. The number of ketones is 1. The van der Waals surface area contributed by atoms with Crippen molar-refractivity contribution in [3.8, 4) is 0 Å². The molecular formula is C17H21ClN4O3S. The van der Waals surface area contributed by atoms with Gasteiger partial charge in [0.25, 0.3) is 0 Å². The molecule has 1 aliphatic rings. The summed E-state index contributed by atoms with van der Waals surface area (Å²) in [6.45, 7) is 5.36. The van der Waals surface area contributed by atoms with Crippen LogP contribution in [0.2, 0.25) is 5.02 Å². The number of H-pyrrole nitrogens is 1. The van der Waals surface area contributed by atoms with Gasteiger partial charge in [-0.25, -0.2) is 8.42 Å². The van der Waals surface area contributed by atoms with Crippen LogP contribution in [0.25, 0.3) is 0 Å². The van der Waals surface area contributed by atoms with Crippen molar-refractivity contribution in [1.29, 1.82) is 0 Å². The molecule has 1 saturated heterocycles. The van der Waals surface area contributed by atoms with Crippen LogP contribution in [0.3, 0.4) is 0 Å². The Morgan fingerprint density at radius 3 is 2.31 bits per heavy atom. The second-order valence-electron chi connectivity index (χ2n) is 6.37. The molecule has 1 aromatic carbocycles. The summed E-state index contributed by atoms with van der Waals surface area (Å²) >= 11 is 5.84. The molecule has 26 heavy (non-hydrogen) atoms. The lowest BCUT2D eigenvalue weighted by atomic mass is 10.1. The molecule has 1 aliphatic heterocycles. The van der Waals surface area contributed by atoms with Gasteiger partial charge in [0, 0.05) is 36.8 Å². The molecule has 0 unspecified atom stereocenters. The number of nitrogens with zero attached hydrogens (tertiary/aromatic N) is 3. The number of aryl methyl sites for hydroxylation is 2. The Kier molecular flexibility index (Phi) is 5.47. The maximum absolute atomic E-state index is 12.8. The van der Waals surface area contributed by atoms with Gasteiger partial charge in [-0.2, -0.15) is 9.40 Å². The van der Waals surface area contributed by atoms with Gasteiger partial charge >= 0.3 is 0 Å². The van der Waals surface area contributed by atoms with E-state index in [1.165, 1.54) is 4.31 Å². The van der Waals surface area contributed by atoms with Crippen molar-refractivity contribution in [3.63, 3.8) is 0 Å². The Balaban J connectivity index is 1.62. The van der Waals surface area contributed by atoms with Crippen LogP contribution in [0.15, 0.2) is 29.2 Å². The molecule has 0 atom stereocenters. The van der Waals surface area contributed by atoms with Gasteiger partial charge in [0.15, 0.2) is 5.78 Å². The third-order valence-corrected chi connectivity index (χ3v) is 6.94. The quantitative estimate of drug-likeness (QED) is 0.779. The Labute approximate surface area is 158 Å². The normalized spacial score (nSPS) is 16.7. The second kappa shape index (κ2) is 7.48. The lowest BCUT2D eigenvalue weighted by molar-refractivity contribution is 0.0901. The number of hydrogen-bond acceptors (Lipinski definition) is 5. The van der Waals surface area contributed by atoms with E-state index >= 15 is 0 Å². The van der Waals surface area contributed by atoms with E-state index in [1.807, 2.05) is 4.90 Å². The van der Waals surface area contributed by atoms with Crippen molar-refractivity contribution in [2.24, 2.45) is 0 Å². The van der Waals surface area contributed by atoms with E-state index in [-0.39, 0.29) is 17.2 Å². The first-order valence-corrected chi connectivity index (χ1v) is 10.1. The van der Waals surface area contributed by atoms with E-state index in [1.54, 1.807) is 38.1 Å². The molecule has 2 heterocycles. The molecule has 1 aromatic heterocycles. The third kappa shape index (κ3) is 3.83. The molecule has 1 fully saturated rings. The summed E-state index contributed by atoms with van der Waals surface area (Å²) in [6, 6.07) is 6.79. The monoisotopic (exact) mass is 396 g/mol. The van der Waals surface area contributed by atoms with Crippen LogP contribution in [0.4, 0.5) is 0 Å². The van der Waals surface area contributed by atoms with Gasteiger partial charge in [-0.1, -0.05) is 11.6 Å². The van der Waals surface area contributed by atoms with Gasteiger partial charge in [0.2, 0.25) is 10.0 Å². The zero-order valence-corrected chi connectivity index (χ0v) is 16.3. The van der Waals surface area contributed by atoms with E-state index in [4.69, 9.17) is 11.6 Å². The van der Waals surface area contributed by atoms with Crippen molar-refractivity contribution in [3.05, 3.63) is 46.2 Å². The highest BCUT2D eigenvalue weighted by Gasteiger charge is 2.32. The lowest BCUT2D eigenvalue weighted by Crippen LogP contribution is -2.49. The minimum Gasteiger partial charge on any atom is -0.293 e. The average Bonchev–Trinajstić information content (AvgIpc) is 2.95. The molecule has 0 spiro atoms. The standard InChI is InChI=1S/C17H21ClN4O3S/c1-12-17(13(2)20-19-12)26(24,25)22-9-7-21(8-10-22)11-16(23)14-3-5-15(18)6-4-14/h3-6H,7-11H2,1-2H3,(H,19,20). The molecule has 9 heteroatoms. The van der Waals surface area contributed by atoms with Crippen LogP contribution in [0, 0.1) is 13.8 Å². The number of rotatable bonds is 5. The number of hydrogen-bond donors (Lipinski definition) is 1. The van der Waals surface area contributed by atoms with Crippen LogP contribution in [0.5, 0.6) is 0 Å². The predicted octanol–water partition coefficient (Wildman–Crippen LogP) is 1.87. The molecule has 0 amide bonds. The molecule has 1 N–H and O–H groups in total. The molecule has 0 bridgehead atoms. The van der Waals surface area contributed by atoms with E-state index in [2.05, 4.69) is 10.2 Å². The highest BCUT2D eigenvalue weighted by Crippen LogP contribution is 2.22. The predicted molar refractivity (Wildman–Crippen MR) is 99.0 cm³/mol. The summed E-state index contributed by atoms with van der Waals surface area (Å²) in [4.78, 5) is 14.6. The topological polar surface area (TPSA) is 86.4 Å². The number of aromatic amines is 1. The molecule has 3 rings (SSSR count). The van der Waals surface area contributed by atoms with Crippen LogP contribution < -0.4 is 0 Å². The van der Waals surface area contributed by atoms with Gasteiger partial charge < -0.3 is 0 Å². The first-order valence-electron chi connectivity index (χ1n) is 8.32. The Hall–Kier alpha value is -1.74. The first-order chi connectivity index (χ1) is 12.3. The number of carbonyl (C=O) groups excluding carboxylic acids is 1. The largest absolute Gasteiger partial charge is 0.293 e. The number of nitrogens with one attached hydrogen (secondary N) is 1. The number of carbonyl (C=O) groups is 1. The highest BCUT2D eigenvalue weighted by molar-refractivity contribution is 7.89. The van der Waals surface area contributed by atoms with E-state index in [0.29, 0.717) is 48.2 Å². The zero-order valence-electron chi connectivity index (χ0n) is 14.7. The van der Waals surface area contributed by atoms with Gasteiger partial charge in [-0.15, -0.1) is 0 Å². The number of sulfonamides is 1. The second-order valence-corrected chi connectivity index (χ2v) is 8.68. The van der Waals surface area contributed by atoms with Gasteiger partial charge in [-0.05, 0) is 38.1 Å². The van der Waals surface area contributed by atoms with Crippen LogP contribution in [-0.4, -0.2) is 66.3 Å². The fourth-order valence-corrected chi connectivity index (χ4v) is 4.99. The zero-order chi connectivity index (χ0) is 18.9. The Morgan fingerprint density at radius 1 is 1.15 bits per heavy atom. The van der Waals surface area contributed by atoms with Crippen molar-refractivity contribution < 1.29 is 13.2 Å². The number of aromatic nitrogens is 2. The summed E-state index contributed by atoms with van der Waals surface area (Å²) in [5, 5.41) is 7.28. The molecule has 0 radical (unpaired) electrons. The number of Topliss-reactive ketones (excluding diaryl/α,β-unsaturated/α-hetero) is 1. The van der Waals surface area contributed by atoms with E-state index < -0.39 is 10.0 Å². The fraction of sp³-hybridized carbons (Fsp3) is 0.412. The summed E-state index contributed by atoms with van der Waals surface area (Å²) in [6.07, 6.45) is 0. The summed E-state index contributed by atoms with van der Waals surface area (Å²) < 4.78 is 27.1. The number of piperazine rings is 1. The highest BCUT2D eigenvalue weighted by atomic mass is 35.5. The van der Waals surface area contributed by atoms with Crippen LogP contribution >= 0.6 is 11.6 Å². The molecule has 2 aromatic rings. The smallest absolute Gasteiger partial charge is 0.246 e. The first kappa shape index (κ1) is 19.0. The van der Waals surface area contributed by atoms with Gasteiger partial charge in [0.1, 0.15) is 4.90 Å². The Morgan fingerprint density at radius 2 is 1.77 bits per heavy atom. The summed E-state index contributed by atoms with van der Waals surface area (Å²) in [5.74, 6) is -0.000465. The SMILES string of the molecule is Cc1n[nH]c(C)c1S(=O)(=O)N1CCN(CC(=O)c2ccc(Cl)cc2)CC1. The van der Waals surface area contributed by atoms with Gasteiger partial charge in [-0.3, -0.25) is 14.8 Å². The minimum atomic E-state index is -3.58. The van der Waals surface area contributed by atoms with Crippen molar-refractivity contribution in [1.82, 2.24) is 19.4 Å². The van der Waals surface area contributed by atoms with Crippen LogP contribution in [0.1, 0.15) is 21.7 Å². The van der Waals surface area contributed by atoms with Crippen LogP contribution in [-0.2, 0) is 10.0 Å². The fourth-order valence-electron chi connectivity index (χ4n) is 3.11. The lowest BCUT2D eigenvalue weighted by Gasteiger charge is -2.33. The van der Waals surface area contributed by atoms with Gasteiger partial charge in [0.05, 0.1) is 17.9 Å². The molecule has 0 aliphatic carbocycles.